The van der Waals surface area contributed by atoms with Gasteiger partial charge in [-0.05, 0) is 54.4 Å². The Balaban J connectivity index is 1.47. The summed E-state index contributed by atoms with van der Waals surface area (Å²) in [5, 5.41) is 0.713. The zero-order valence-corrected chi connectivity index (χ0v) is 18.6. The second-order valence-electron chi connectivity index (χ2n) is 8.36. The van der Waals surface area contributed by atoms with E-state index in [0.29, 0.717) is 24.5 Å². The number of nitrogens with one attached hydrogen (secondary N) is 1. The fourth-order valence-corrected chi connectivity index (χ4v) is 5.70. The summed E-state index contributed by atoms with van der Waals surface area (Å²) < 4.78 is 25.7. The maximum Gasteiger partial charge on any atom is 0.226 e. The van der Waals surface area contributed by atoms with Crippen LogP contribution in [0.1, 0.15) is 37.2 Å². The fraction of sp³-hybridized carbons (Fsp3) is 0.435. The number of halogens is 1. The van der Waals surface area contributed by atoms with Crippen LogP contribution in [0.3, 0.4) is 0 Å². The summed E-state index contributed by atoms with van der Waals surface area (Å²) in [5.74, 6) is 0.250. The van der Waals surface area contributed by atoms with Crippen LogP contribution in [-0.2, 0) is 14.8 Å². The highest BCUT2D eigenvalue weighted by molar-refractivity contribution is 7.88. The number of carbonyl (C=O) groups is 1. The van der Waals surface area contributed by atoms with Gasteiger partial charge in [-0.2, -0.15) is 0 Å². The molecule has 30 heavy (non-hydrogen) atoms. The maximum absolute atomic E-state index is 13.2. The van der Waals surface area contributed by atoms with E-state index in [-0.39, 0.29) is 23.8 Å². The van der Waals surface area contributed by atoms with Crippen molar-refractivity contribution in [3.8, 4) is 11.1 Å². The van der Waals surface area contributed by atoms with Gasteiger partial charge < -0.3 is 4.90 Å². The highest BCUT2D eigenvalue weighted by Gasteiger charge is 2.47. The van der Waals surface area contributed by atoms with E-state index in [2.05, 4.69) is 22.9 Å². The number of likely N-dealkylation sites (tertiary alicyclic amines) is 1. The van der Waals surface area contributed by atoms with Crippen LogP contribution in [0, 0.1) is 5.92 Å². The van der Waals surface area contributed by atoms with E-state index in [1.165, 1.54) is 6.26 Å². The van der Waals surface area contributed by atoms with Gasteiger partial charge in [0.1, 0.15) is 0 Å². The molecule has 1 saturated heterocycles. The van der Waals surface area contributed by atoms with Crippen molar-refractivity contribution in [1.82, 2.24) is 9.62 Å². The van der Waals surface area contributed by atoms with Gasteiger partial charge in [-0.25, -0.2) is 13.1 Å². The quantitative estimate of drug-likeness (QED) is 0.753. The van der Waals surface area contributed by atoms with E-state index in [1.807, 2.05) is 35.2 Å². The Morgan fingerprint density at radius 3 is 2.57 bits per heavy atom. The molecule has 1 heterocycles. The first-order valence-corrected chi connectivity index (χ1v) is 12.7. The molecule has 1 amide bonds. The van der Waals surface area contributed by atoms with E-state index < -0.39 is 10.0 Å². The lowest BCUT2D eigenvalue weighted by molar-refractivity contribution is -0.132. The highest BCUT2D eigenvalue weighted by Crippen LogP contribution is 2.53. The van der Waals surface area contributed by atoms with E-state index >= 15 is 0 Å². The third-order valence-corrected chi connectivity index (χ3v) is 7.13. The number of hydrogen-bond donors (Lipinski definition) is 1. The Morgan fingerprint density at radius 2 is 1.83 bits per heavy atom. The number of benzene rings is 2. The normalized spacial score (nSPS) is 24.3. The molecule has 1 N–H and O–H groups in total. The minimum atomic E-state index is -3.23. The van der Waals surface area contributed by atoms with Gasteiger partial charge in [0, 0.05) is 30.1 Å². The van der Waals surface area contributed by atoms with Gasteiger partial charge in [0.2, 0.25) is 15.9 Å². The van der Waals surface area contributed by atoms with E-state index in [0.717, 1.165) is 36.0 Å². The lowest BCUT2D eigenvalue weighted by Crippen LogP contribution is -2.36. The molecule has 160 valence electrons. The average molecular weight is 447 g/mol. The molecule has 0 aromatic heterocycles. The molecule has 1 aliphatic heterocycles. The highest BCUT2D eigenvalue weighted by atomic mass is 35.5. The van der Waals surface area contributed by atoms with Crippen LogP contribution in [0.5, 0.6) is 0 Å². The number of rotatable bonds is 5. The third-order valence-electron chi connectivity index (χ3n) is 6.04. The minimum Gasteiger partial charge on any atom is -0.342 e. The molecule has 1 aliphatic carbocycles. The largest absolute Gasteiger partial charge is 0.342 e. The molecule has 2 aromatic rings. The molecular weight excluding hydrogens is 420 g/mol. The standard InChI is InChI=1S/C23H27ClN2O3S/c1-30(28,29)25-17-9-6-13-26(14-12-17)23(27)20-15-19(20)22-18(10-5-11-21(22)24)16-7-3-2-4-8-16/h2-5,7-8,10-11,17,19-20,25H,6,9,12-15H2,1H3. The van der Waals surface area contributed by atoms with Gasteiger partial charge in [-0.15, -0.1) is 0 Å². The molecule has 0 bridgehead atoms. The van der Waals surface area contributed by atoms with E-state index in [1.54, 1.807) is 0 Å². The predicted molar refractivity (Wildman–Crippen MR) is 120 cm³/mol. The van der Waals surface area contributed by atoms with Crippen LogP contribution in [0.15, 0.2) is 48.5 Å². The van der Waals surface area contributed by atoms with E-state index in [9.17, 15) is 13.2 Å². The molecule has 0 radical (unpaired) electrons. The molecule has 3 atom stereocenters. The number of hydrogen-bond acceptors (Lipinski definition) is 3. The first-order chi connectivity index (χ1) is 14.3. The van der Waals surface area contributed by atoms with Crippen molar-refractivity contribution < 1.29 is 13.2 Å². The lowest BCUT2D eigenvalue weighted by Gasteiger charge is -2.21. The van der Waals surface area contributed by atoms with Crippen LogP contribution in [0.2, 0.25) is 5.02 Å². The van der Waals surface area contributed by atoms with Crippen LogP contribution in [0.25, 0.3) is 11.1 Å². The first-order valence-electron chi connectivity index (χ1n) is 10.4. The smallest absolute Gasteiger partial charge is 0.226 e. The topological polar surface area (TPSA) is 66.5 Å². The molecule has 2 aromatic carbocycles. The Kier molecular flexibility index (Phi) is 6.19. The molecule has 3 unspecified atom stereocenters. The summed E-state index contributed by atoms with van der Waals surface area (Å²) in [4.78, 5) is 15.1. The van der Waals surface area contributed by atoms with Gasteiger partial charge in [0.15, 0.2) is 0 Å². The molecule has 1 saturated carbocycles. The van der Waals surface area contributed by atoms with Gasteiger partial charge in [-0.1, -0.05) is 54.1 Å². The Morgan fingerprint density at radius 1 is 1.07 bits per heavy atom. The monoisotopic (exact) mass is 446 g/mol. The summed E-state index contributed by atoms with van der Waals surface area (Å²) in [7, 11) is -3.23. The second kappa shape index (κ2) is 8.69. The summed E-state index contributed by atoms with van der Waals surface area (Å²) in [5.41, 5.74) is 3.27. The lowest BCUT2D eigenvalue weighted by atomic mass is 9.95. The van der Waals surface area contributed by atoms with Crippen molar-refractivity contribution in [2.75, 3.05) is 19.3 Å². The summed E-state index contributed by atoms with van der Waals surface area (Å²) in [6, 6.07) is 16.0. The van der Waals surface area contributed by atoms with Gasteiger partial charge >= 0.3 is 0 Å². The van der Waals surface area contributed by atoms with Crippen LogP contribution < -0.4 is 4.72 Å². The first kappa shape index (κ1) is 21.3. The summed E-state index contributed by atoms with van der Waals surface area (Å²) in [6.07, 6.45) is 4.20. The van der Waals surface area contributed by atoms with Crippen molar-refractivity contribution in [2.24, 2.45) is 5.92 Å². The molecular formula is C23H27ClN2O3S. The minimum absolute atomic E-state index is 0.0493. The SMILES string of the molecule is CS(=O)(=O)NC1CCCN(C(=O)C2CC2c2c(Cl)cccc2-c2ccccc2)CC1. The molecule has 7 heteroatoms. The molecule has 5 nitrogen and oxygen atoms in total. The number of nitrogens with zero attached hydrogens (tertiary/aromatic N) is 1. The van der Waals surface area contributed by atoms with Crippen molar-refractivity contribution in [1.29, 1.82) is 0 Å². The summed E-state index contributed by atoms with van der Waals surface area (Å²) >= 11 is 6.59. The maximum atomic E-state index is 13.2. The molecule has 0 spiro atoms. The molecule has 2 fully saturated rings. The number of sulfonamides is 1. The van der Waals surface area contributed by atoms with E-state index in [4.69, 9.17) is 11.6 Å². The molecule has 2 aliphatic rings. The number of carbonyl (C=O) groups excluding carboxylic acids is 1. The van der Waals surface area contributed by atoms with Crippen LogP contribution in [0.4, 0.5) is 0 Å². The third kappa shape index (κ3) is 4.88. The predicted octanol–water partition coefficient (Wildman–Crippen LogP) is 4.04. The molecule has 4 rings (SSSR count). The zero-order valence-electron chi connectivity index (χ0n) is 17.1. The second-order valence-corrected chi connectivity index (χ2v) is 10.5. The van der Waals surface area contributed by atoms with Crippen LogP contribution in [-0.4, -0.2) is 44.6 Å². The Labute approximate surface area is 183 Å². The Bertz CT molecular complexity index is 1030. The van der Waals surface area contributed by atoms with Gasteiger partial charge in [-0.3, -0.25) is 4.79 Å². The van der Waals surface area contributed by atoms with Crippen LogP contribution >= 0.6 is 11.6 Å². The Hall–Kier alpha value is -1.89. The van der Waals surface area contributed by atoms with Gasteiger partial charge in [0.25, 0.3) is 0 Å². The van der Waals surface area contributed by atoms with Crippen molar-refractivity contribution in [2.45, 2.75) is 37.6 Å². The van der Waals surface area contributed by atoms with Crippen molar-refractivity contribution >= 4 is 27.5 Å². The average Bonchev–Trinajstić information content (AvgIpc) is 3.51. The summed E-state index contributed by atoms with van der Waals surface area (Å²) in [6.45, 7) is 1.27. The van der Waals surface area contributed by atoms with Crippen molar-refractivity contribution in [3.05, 3.63) is 59.1 Å². The van der Waals surface area contributed by atoms with Gasteiger partial charge in [0.05, 0.1) is 6.26 Å². The zero-order chi connectivity index (χ0) is 21.3. The van der Waals surface area contributed by atoms with Crippen molar-refractivity contribution in [3.63, 3.8) is 0 Å². The fourth-order valence-electron chi connectivity index (χ4n) is 4.54. The number of amides is 1.